The van der Waals surface area contributed by atoms with Gasteiger partial charge >= 0.3 is 5.88 Å². The quantitative estimate of drug-likeness (QED) is 0.532. The molecule has 0 spiro atoms. The Kier molecular flexibility index (Phi) is 4.61. The number of hydrogen-bond acceptors (Lipinski definition) is 7. The van der Waals surface area contributed by atoms with Gasteiger partial charge in [0.05, 0.1) is 17.5 Å². The maximum atomic E-state index is 11.9. The summed E-state index contributed by atoms with van der Waals surface area (Å²) < 4.78 is 6.63. The summed E-state index contributed by atoms with van der Waals surface area (Å²) in [6.45, 7) is 4.23. The number of hydrogen-bond donors (Lipinski definition) is 1. The largest absolute Gasteiger partial charge is 0.433 e. The van der Waals surface area contributed by atoms with Crippen LogP contribution in [0.3, 0.4) is 0 Å². The van der Waals surface area contributed by atoms with E-state index in [1.54, 1.807) is 4.68 Å². The van der Waals surface area contributed by atoms with E-state index in [-0.39, 0.29) is 5.76 Å². The van der Waals surface area contributed by atoms with Crippen molar-refractivity contribution in [2.45, 2.75) is 20.3 Å². The van der Waals surface area contributed by atoms with Crippen LogP contribution in [-0.2, 0) is 6.42 Å². The molecule has 3 heterocycles. The lowest BCUT2D eigenvalue weighted by molar-refractivity contribution is -0.402. The molecule has 0 saturated carbocycles. The lowest BCUT2D eigenvalue weighted by atomic mass is 10.3. The molecule has 0 bridgehead atoms. The average Bonchev–Trinajstić information content (AvgIpc) is 3.27. The van der Waals surface area contributed by atoms with Crippen molar-refractivity contribution in [2.75, 3.05) is 6.54 Å². The third-order valence-corrected chi connectivity index (χ3v) is 4.26. The van der Waals surface area contributed by atoms with Gasteiger partial charge in [0.2, 0.25) is 5.13 Å². The van der Waals surface area contributed by atoms with E-state index in [0.717, 1.165) is 28.3 Å². The Hall–Kier alpha value is -3.01. The molecule has 0 radical (unpaired) electrons. The number of nitrogens with one attached hydrogen (secondary N) is 1. The lowest BCUT2D eigenvalue weighted by Crippen LogP contribution is -2.25. The van der Waals surface area contributed by atoms with E-state index in [0.29, 0.717) is 13.0 Å². The van der Waals surface area contributed by atoms with Gasteiger partial charge in [0.15, 0.2) is 5.76 Å². The zero-order valence-electron chi connectivity index (χ0n) is 13.6. The first-order valence-corrected chi connectivity index (χ1v) is 8.32. The van der Waals surface area contributed by atoms with Crippen LogP contribution >= 0.6 is 11.3 Å². The Bertz CT molecular complexity index is 926. The average molecular weight is 361 g/mol. The Morgan fingerprint density at radius 3 is 2.88 bits per heavy atom. The zero-order valence-corrected chi connectivity index (χ0v) is 14.4. The van der Waals surface area contributed by atoms with E-state index in [4.69, 9.17) is 4.42 Å². The molecule has 10 heteroatoms. The number of carbonyl (C=O) groups excluding carboxylic acids is 1. The van der Waals surface area contributed by atoms with Crippen molar-refractivity contribution in [3.05, 3.63) is 56.5 Å². The number of aromatic nitrogens is 3. The minimum Gasteiger partial charge on any atom is -0.395 e. The molecule has 0 unspecified atom stereocenters. The van der Waals surface area contributed by atoms with Crippen molar-refractivity contribution in [2.24, 2.45) is 0 Å². The maximum absolute atomic E-state index is 11.9. The second kappa shape index (κ2) is 6.85. The van der Waals surface area contributed by atoms with Gasteiger partial charge in [-0.05, 0) is 26.0 Å². The van der Waals surface area contributed by atoms with Crippen LogP contribution in [0, 0.1) is 24.0 Å². The van der Waals surface area contributed by atoms with Gasteiger partial charge < -0.3 is 9.73 Å². The molecule has 1 N–H and O–H groups in total. The van der Waals surface area contributed by atoms with Crippen LogP contribution in [0.5, 0.6) is 0 Å². The number of furan rings is 1. The van der Waals surface area contributed by atoms with E-state index >= 15 is 0 Å². The van der Waals surface area contributed by atoms with Crippen molar-refractivity contribution >= 4 is 23.1 Å². The Labute approximate surface area is 146 Å². The number of amides is 1. The number of nitrogens with zero attached hydrogens (tertiary/aromatic N) is 4. The lowest BCUT2D eigenvalue weighted by Gasteiger charge is -2.01. The van der Waals surface area contributed by atoms with Crippen molar-refractivity contribution in [3.63, 3.8) is 0 Å². The third-order valence-electron chi connectivity index (χ3n) is 3.39. The topological polar surface area (TPSA) is 116 Å². The predicted molar refractivity (Wildman–Crippen MR) is 90.1 cm³/mol. The van der Waals surface area contributed by atoms with E-state index in [9.17, 15) is 14.9 Å². The fourth-order valence-corrected chi connectivity index (χ4v) is 3.14. The molecule has 0 aliphatic carbocycles. The number of nitro groups is 1. The normalized spacial score (nSPS) is 10.8. The molecular weight excluding hydrogens is 346 g/mol. The van der Waals surface area contributed by atoms with Crippen molar-refractivity contribution in [1.29, 1.82) is 0 Å². The number of carbonyl (C=O) groups is 1. The van der Waals surface area contributed by atoms with Crippen LogP contribution in [0.2, 0.25) is 0 Å². The Morgan fingerprint density at radius 1 is 1.44 bits per heavy atom. The van der Waals surface area contributed by atoms with Gasteiger partial charge in [-0.25, -0.2) is 9.67 Å². The standard InChI is InChI=1S/C15H15N5O4S/c1-9-7-10(2)19(18-9)15-17-11(8-25-15)5-6-16-14(21)12-3-4-13(24-12)20(22)23/h3-4,7-8H,5-6H2,1-2H3,(H,16,21). The summed E-state index contributed by atoms with van der Waals surface area (Å²) in [6.07, 6.45) is 0.532. The highest BCUT2D eigenvalue weighted by molar-refractivity contribution is 7.12. The number of aryl methyl sites for hydroxylation is 2. The molecule has 1 amide bonds. The fourth-order valence-electron chi connectivity index (χ4n) is 2.27. The summed E-state index contributed by atoms with van der Waals surface area (Å²) in [5.41, 5.74) is 2.76. The van der Waals surface area contributed by atoms with Crippen LogP contribution in [-0.4, -0.2) is 32.1 Å². The van der Waals surface area contributed by atoms with Crippen molar-refractivity contribution < 1.29 is 14.1 Å². The van der Waals surface area contributed by atoms with E-state index in [2.05, 4.69) is 15.4 Å². The number of thiazole rings is 1. The highest BCUT2D eigenvalue weighted by Gasteiger charge is 2.17. The van der Waals surface area contributed by atoms with Gasteiger partial charge in [-0.15, -0.1) is 11.3 Å². The molecule has 3 aromatic heterocycles. The van der Waals surface area contributed by atoms with Crippen molar-refractivity contribution in [1.82, 2.24) is 20.1 Å². The highest BCUT2D eigenvalue weighted by atomic mass is 32.1. The molecular formula is C15H15N5O4S. The van der Waals surface area contributed by atoms with Crippen LogP contribution < -0.4 is 5.32 Å². The zero-order chi connectivity index (χ0) is 18.0. The third kappa shape index (κ3) is 3.74. The molecule has 0 aliphatic heterocycles. The predicted octanol–water partition coefficient (Wildman–Crippen LogP) is 2.42. The molecule has 0 saturated heterocycles. The van der Waals surface area contributed by atoms with Gasteiger partial charge in [0, 0.05) is 24.0 Å². The summed E-state index contributed by atoms with van der Waals surface area (Å²) >= 11 is 1.48. The molecule has 130 valence electrons. The molecule has 3 rings (SSSR count). The molecule has 0 fully saturated rings. The van der Waals surface area contributed by atoms with Gasteiger partial charge in [0.25, 0.3) is 5.91 Å². The smallest absolute Gasteiger partial charge is 0.395 e. The second-order valence-corrected chi connectivity index (χ2v) is 6.20. The molecule has 9 nitrogen and oxygen atoms in total. The minimum absolute atomic E-state index is 0.0895. The van der Waals surface area contributed by atoms with Crippen LogP contribution in [0.1, 0.15) is 27.6 Å². The summed E-state index contributed by atoms with van der Waals surface area (Å²) in [4.78, 5) is 26.3. The summed E-state index contributed by atoms with van der Waals surface area (Å²) in [6, 6.07) is 4.40. The number of rotatable bonds is 6. The van der Waals surface area contributed by atoms with Crippen LogP contribution in [0.15, 0.2) is 28.0 Å². The maximum Gasteiger partial charge on any atom is 0.433 e. The second-order valence-electron chi connectivity index (χ2n) is 5.36. The first-order chi connectivity index (χ1) is 11.9. The summed E-state index contributed by atoms with van der Waals surface area (Å²) in [7, 11) is 0. The minimum atomic E-state index is -0.688. The van der Waals surface area contributed by atoms with E-state index < -0.39 is 16.7 Å². The monoisotopic (exact) mass is 361 g/mol. The molecule has 0 atom stereocenters. The van der Waals surface area contributed by atoms with E-state index in [1.807, 2.05) is 25.3 Å². The summed E-state index contributed by atoms with van der Waals surface area (Å²) in [5, 5.41) is 20.3. The van der Waals surface area contributed by atoms with Crippen LogP contribution in [0.4, 0.5) is 5.88 Å². The molecule has 25 heavy (non-hydrogen) atoms. The van der Waals surface area contributed by atoms with Crippen LogP contribution in [0.25, 0.3) is 5.13 Å². The first kappa shape index (κ1) is 16.8. The summed E-state index contributed by atoms with van der Waals surface area (Å²) in [5.74, 6) is -1.05. The van der Waals surface area contributed by atoms with Gasteiger partial charge in [-0.3, -0.25) is 14.9 Å². The Balaban J connectivity index is 1.56. The highest BCUT2D eigenvalue weighted by Crippen LogP contribution is 2.18. The van der Waals surface area contributed by atoms with Gasteiger partial charge in [0.1, 0.15) is 4.92 Å². The van der Waals surface area contributed by atoms with E-state index in [1.165, 1.54) is 17.4 Å². The SMILES string of the molecule is Cc1cc(C)n(-c2nc(CCNC(=O)c3ccc([N+](=O)[O-])o3)cs2)n1. The Morgan fingerprint density at radius 2 is 2.24 bits per heavy atom. The molecule has 0 aromatic carbocycles. The van der Waals surface area contributed by atoms with Gasteiger partial charge in [-0.1, -0.05) is 0 Å². The van der Waals surface area contributed by atoms with Crippen molar-refractivity contribution in [3.8, 4) is 5.13 Å². The fraction of sp³-hybridized carbons (Fsp3) is 0.267. The van der Waals surface area contributed by atoms with Gasteiger partial charge in [-0.2, -0.15) is 5.10 Å². The molecule has 0 aliphatic rings. The molecule has 3 aromatic rings. The first-order valence-electron chi connectivity index (χ1n) is 7.44.